The predicted molar refractivity (Wildman–Crippen MR) is 101 cm³/mol. The highest BCUT2D eigenvalue weighted by Gasteiger charge is 2.28. The van der Waals surface area contributed by atoms with Crippen LogP contribution in [0, 0.1) is 17.0 Å². The number of methoxy groups -OCH3 is 2. The number of carbonyl (C=O) groups excluding carboxylic acids is 2. The number of esters is 1. The average molecular weight is 388 g/mol. The fraction of sp³-hybridized carbons (Fsp3) is 0.263. The van der Waals surface area contributed by atoms with Crippen molar-refractivity contribution in [2.75, 3.05) is 19.5 Å². The molecule has 0 aliphatic carbocycles. The highest BCUT2D eigenvalue weighted by molar-refractivity contribution is 5.99. The summed E-state index contributed by atoms with van der Waals surface area (Å²) < 4.78 is 15.2. The van der Waals surface area contributed by atoms with Gasteiger partial charge in [-0.2, -0.15) is 0 Å². The maximum atomic E-state index is 12.5. The van der Waals surface area contributed by atoms with Gasteiger partial charge in [0.2, 0.25) is 0 Å². The molecule has 1 atom stereocenters. The summed E-state index contributed by atoms with van der Waals surface area (Å²) in [5.41, 5.74) is 0.625. The Morgan fingerprint density at radius 1 is 1.11 bits per heavy atom. The number of benzene rings is 2. The number of hydrogen-bond acceptors (Lipinski definition) is 7. The van der Waals surface area contributed by atoms with Crippen molar-refractivity contribution in [1.29, 1.82) is 0 Å². The summed E-state index contributed by atoms with van der Waals surface area (Å²) in [5.74, 6) is -1.38. The second kappa shape index (κ2) is 8.85. The lowest BCUT2D eigenvalue weighted by Crippen LogP contribution is -2.30. The average Bonchev–Trinajstić information content (AvgIpc) is 2.66. The summed E-state index contributed by atoms with van der Waals surface area (Å²) in [6.45, 7) is 3.24. The molecule has 0 bridgehead atoms. The maximum absolute atomic E-state index is 12.5. The van der Waals surface area contributed by atoms with Gasteiger partial charge < -0.3 is 19.5 Å². The topological polar surface area (TPSA) is 117 Å². The lowest BCUT2D eigenvalue weighted by Gasteiger charge is -2.15. The Morgan fingerprint density at radius 2 is 1.75 bits per heavy atom. The van der Waals surface area contributed by atoms with E-state index in [4.69, 9.17) is 14.2 Å². The molecule has 1 amide bonds. The third kappa shape index (κ3) is 4.76. The van der Waals surface area contributed by atoms with Crippen molar-refractivity contribution >= 4 is 23.3 Å². The fourth-order valence-corrected chi connectivity index (χ4v) is 2.43. The molecule has 1 N–H and O–H groups in total. The van der Waals surface area contributed by atoms with Gasteiger partial charge in [0, 0.05) is 11.8 Å². The number of amides is 1. The van der Waals surface area contributed by atoms with Crippen LogP contribution in [-0.2, 0) is 9.53 Å². The molecule has 0 saturated heterocycles. The van der Waals surface area contributed by atoms with Crippen LogP contribution in [-0.4, -0.2) is 37.1 Å². The van der Waals surface area contributed by atoms with E-state index in [9.17, 15) is 19.7 Å². The van der Waals surface area contributed by atoms with E-state index in [1.54, 1.807) is 18.2 Å². The summed E-state index contributed by atoms with van der Waals surface area (Å²) >= 11 is 0. The van der Waals surface area contributed by atoms with E-state index in [0.29, 0.717) is 5.69 Å². The molecule has 0 aliphatic rings. The van der Waals surface area contributed by atoms with Crippen LogP contribution in [0.5, 0.6) is 11.5 Å². The molecule has 0 spiro atoms. The first kappa shape index (κ1) is 20.7. The molecule has 2 rings (SSSR count). The number of nitrogens with one attached hydrogen (secondary N) is 1. The Labute approximate surface area is 161 Å². The quantitative estimate of drug-likeness (QED) is 0.440. The first-order chi connectivity index (χ1) is 13.3. The van der Waals surface area contributed by atoms with Crippen molar-refractivity contribution in [2.24, 2.45) is 0 Å². The number of rotatable bonds is 7. The standard InChI is InChI=1S/C19H20N2O7/c1-11-6-5-7-13(8-11)20-18(22)12(2)28-19(23)14-9-16(26-3)17(27-4)10-15(14)21(24)25/h5-10,12H,1-4H3,(H,20,22)/t12-/m1/s1. The van der Waals surface area contributed by atoms with Gasteiger partial charge in [-0.15, -0.1) is 0 Å². The van der Waals surface area contributed by atoms with Crippen LogP contribution in [0.25, 0.3) is 0 Å². The zero-order chi connectivity index (χ0) is 20.8. The van der Waals surface area contributed by atoms with Crippen molar-refractivity contribution in [2.45, 2.75) is 20.0 Å². The number of ether oxygens (including phenoxy) is 3. The minimum absolute atomic E-state index is 0.0935. The second-order valence-electron chi connectivity index (χ2n) is 5.89. The Morgan fingerprint density at radius 3 is 2.32 bits per heavy atom. The number of aryl methyl sites for hydroxylation is 1. The number of carbonyl (C=O) groups is 2. The normalized spacial score (nSPS) is 11.3. The molecular weight excluding hydrogens is 368 g/mol. The largest absolute Gasteiger partial charge is 0.493 e. The second-order valence-corrected chi connectivity index (χ2v) is 5.89. The molecule has 28 heavy (non-hydrogen) atoms. The third-order valence-corrected chi connectivity index (χ3v) is 3.86. The minimum Gasteiger partial charge on any atom is -0.493 e. The highest BCUT2D eigenvalue weighted by Crippen LogP contribution is 2.35. The Hall–Kier alpha value is -3.62. The van der Waals surface area contributed by atoms with Gasteiger partial charge in [0.1, 0.15) is 5.56 Å². The van der Waals surface area contributed by atoms with Gasteiger partial charge in [0.05, 0.1) is 25.2 Å². The Bertz CT molecular complexity index is 911. The summed E-state index contributed by atoms with van der Waals surface area (Å²) in [5, 5.41) is 13.9. The first-order valence-corrected chi connectivity index (χ1v) is 8.25. The summed E-state index contributed by atoms with van der Waals surface area (Å²) in [4.78, 5) is 35.3. The molecule has 0 radical (unpaired) electrons. The van der Waals surface area contributed by atoms with Crippen LogP contribution < -0.4 is 14.8 Å². The van der Waals surface area contributed by atoms with Crippen molar-refractivity contribution < 1.29 is 28.7 Å². The molecular formula is C19H20N2O7. The van der Waals surface area contributed by atoms with E-state index in [-0.39, 0.29) is 17.1 Å². The van der Waals surface area contributed by atoms with E-state index in [2.05, 4.69) is 5.32 Å². The van der Waals surface area contributed by atoms with Gasteiger partial charge in [0.15, 0.2) is 17.6 Å². The summed E-state index contributed by atoms with van der Waals surface area (Å²) in [6, 6.07) is 9.30. The van der Waals surface area contributed by atoms with Crippen LogP contribution in [0.3, 0.4) is 0 Å². The number of nitrogens with zero attached hydrogens (tertiary/aromatic N) is 1. The lowest BCUT2D eigenvalue weighted by atomic mass is 10.1. The molecule has 148 valence electrons. The van der Waals surface area contributed by atoms with Gasteiger partial charge in [0.25, 0.3) is 11.6 Å². The van der Waals surface area contributed by atoms with Crippen LogP contribution in [0.2, 0.25) is 0 Å². The summed E-state index contributed by atoms with van der Waals surface area (Å²) in [7, 11) is 2.65. The molecule has 0 fully saturated rings. The monoisotopic (exact) mass is 388 g/mol. The molecule has 2 aromatic rings. The molecule has 0 aromatic heterocycles. The van der Waals surface area contributed by atoms with Crippen molar-refractivity contribution in [3.8, 4) is 11.5 Å². The first-order valence-electron chi connectivity index (χ1n) is 8.25. The molecule has 0 aliphatic heterocycles. The van der Waals surface area contributed by atoms with E-state index in [1.807, 2.05) is 13.0 Å². The van der Waals surface area contributed by atoms with Gasteiger partial charge in [-0.3, -0.25) is 14.9 Å². The number of nitro groups is 1. The maximum Gasteiger partial charge on any atom is 0.346 e. The smallest absolute Gasteiger partial charge is 0.346 e. The fourth-order valence-electron chi connectivity index (χ4n) is 2.43. The van der Waals surface area contributed by atoms with Gasteiger partial charge in [-0.05, 0) is 31.5 Å². The number of nitro benzene ring substituents is 1. The third-order valence-electron chi connectivity index (χ3n) is 3.86. The zero-order valence-electron chi connectivity index (χ0n) is 15.8. The molecule has 9 heteroatoms. The summed E-state index contributed by atoms with van der Waals surface area (Å²) in [6.07, 6.45) is -1.18. The molecule has 0 unspecified atom stereocenters. The van der Waals surface area contributed by atoms with Crippen LogP contribution >= 0.6 is 0 Å². The predicted octanol–water partition coefficient (Wildman–Crippen LogP) is 3.10. The Kier molecular flexibility index (Phi) is 6.54. The van der Waals surface area contributed by atoms with E-state index < -0.39 is 28.6 Å². The van der Waals surface area contributed by atoms with Crippen molar-refractivity contribution in [1.82, 2.24) is 0 Å². The van der Waals surface area contributed by atoms with Crippen molar-refractivity contribution in [3.63, 3.8) is 0 Å². The van der Waals surface area contributed by atoms with Gasteiger partial charge in [-0.25, -0.2) is 4.79 Å². The molecule has 9 nitrogen and oxygen atoms in total. The van der Waals surface area contributed by atoms with Gasteiger partial charge >= 0.3 is 5.97 Å². The van der Waals surface area contributed by atoms with Gasteiger partial charge in [-0.1, -0.05) is 12.1 Å². The van der Waals surface area contributed by atoms with Crippen LogP contribution in [0.1, 0.15) is 22.8 Å². The zero-order valence-corrected chi connectivity index (χ0v) is 15.8. The van der Waals surface area contributed by atoms with Crippen LogP contribution in [0.15, 0.2) is 36.4 Å². The molecule has 0 heterocycles. The van der Waals surface area contributed by atoms with Crippen molar-refractivity contribution in [3.05, 3.63) is 57.6 Å². The van der Waals surface area contributed by atoms with E-state index >= 15 is 0 Å². The van der Waals surface area contributed by atoms with E-state index in [0.717, 1.165) is 17.7 Å². The highest BCUT2D eigenvalue weighted by atomic mass is 16.6. The van der Waals surface area contributed by atoms with Crippen LogP contribution in [0.4, 0.5) is 11.4 Å². The van der Waals surface area contributed by atoms with E-state index in [1.165, 1.54) is 21.1 Å². The lowest BCUT2D eigenvalue weighted by molar-refractivity contribution is -0.385. The number of anilines is 1. The number of hydrogen-bond donors (Lipinski definition) is 1. The molecule has 2 aromatic carbocycles. The molecule has 0 saturated carbocycles. The Balaban J connectivity index is 2.21. The SMILES string of the molecule is COc1cc(C(=O)O[C@H](C)C(=O)Nc2cccc(C)c2)c([N+](=O)[O-])cc1OC. The minimum atomic E-state index is -1.18.